The second-order valence-electron chi connectivity index (χ2n) is 5.66. The van der Waals surface area contributed by atoms with Gasteiger partial charge in [-0.05, 0) is 55.9 Å². The van der Waals surface area contributed by atoms with Gasteiger partial charge >= 0.3 is 5.97 Å². The molecule has 0 atom stereocenters. The van der Waals surface area contributed by atoms with E-state index in [9.17, 15) is 4.79 Å². The molecule has 0 aromatic heterocycles. The van der Waals surface area contributed by atoms with E-state index in [1.807, 2.05) is 36.4 Å². The van der Waals surface area contributed by atoms with Gasteiger partial charge in [0.15, 0.2) is 0 Å². The maximum absolute atomic E-state index is 11.0. The molecule has 116 valence electrons. The van der Waals surface area contributed by atoms with Crippen LogP contribution in [0.1, 0.15) is 27.0 Å². The summed E-state index contributed by atoms with van der Waals surface area (Å²) in [6.45, 7) is 0. The van der Waals surface area contributed by atoms with Crippen molar-refractivity contribution in [2.45, 2.75) is 0 Å². The Kier molecular flexibility index (Phi) is 3.58. The Bertz CT molecular complexity index is 937. The molecule has 0 spiro atoms. The Labute approximate surface area is 148 Å². The molecule has 3 aromatic carbocycles. The molecule has 3 aromatic rings. The minimum absolute atomic E-state index is 0.288. The third kappa shape index (κ3) is 2.29. The van der Waals surface area contributed by atoms with E-state index in [0.717, 1.165) is 15.6 Å². The van der Waals surface area contributed by atoms with Crippen molar-refractivity contribution in [1.82, 2.24) is 0 Å². The highest BCUT2D eigenvalue weighted by Crippen LogP contribution is 2.48. The van der Waals surface area contributed by atoms with Gasteiger partial charge in [0.2, 0.25) is 0 Å². The summed E-state index contributed by atoms with van der Waals surface area (Å²) >= 11 is 3.75. The van der Waals surface area contributed by atoms with E-state index in [1.54, 1.807) is 12.1 Å². The van der Waals surface area contributed by atoms with Crippen molar-refractivity contribution in [2.75, 3.05) is 0 Å². The third-order valence-electron chi connectivity index (χ3n) is 4.29. The standard InChI is InChI=1S/C21H13BrO2/c22-20(13-9-11-14(12-10-13)21(23)24)19-17-7-3-1-5-15(17)16-6-2-4-8-18(16)19/h1-12H,(H,23,24). The Balaban J connectivity index is 1.94. The monoisotopic (exact) mass is 376 g/mol. The van der Waals surface area contributed by atoms with Gasteiger partial charge in [-0.3, -0.25) is 0 Å². The minimum atomic E-state index is -0.915. The molecule has 0 fully saturated rings. The molecule has 2 nitrogen and oxygen atoms in total. The molecule has 0 amide bonds. The van der Waals surface area contributed by atoms with Crippen molar-refractivity contribution >= 4 is 32.0 Å². The molecular weight excluding hydrogens is 364 g/mol. The van der Waals surface area contributed by atoms with Crippen molar-refractivity contribution in [3.05, 3.63) is 95.1 Å². The highest BCUT2D eigenvalue weighted by atomic mass is 79.9. The third-order valence-corrected chi connectivity index (χ3v) is 5.14. The molecule has 0 saturated heterocycles. The lowest BCUT2D eigenvalue weighted by Crippen LogP contribution is -1.95. The van der Waals surface area contributed by atoms with Crippen molar-refractivity contribution < 1.29 is 9.90 Å². The van der Waals surface area contributed by atoms with E-state index >= 15 is 0 Å². The summed E-state index contributed by atoms with van der Waals surface area (Å²) in [5, 5.41) is 9.06. The van der Waals surface area contributed by atoms with Gasteiger partial charge in [-0.1, -0.05) is 60.7 Å². The zero-order chi connectivity index (χ0) is 16.7. The maximum Gasteiger partial charge on any atom is 0.335 e. The molecule has 1 aliphatic rings. The van der Waals surface area contributed by atoms with Crippen molar-refractivity contribution in [2.24, 2.45) is 0 Å². The number of carboxylic acids is 1. The van der Waals surface area contributed by atoms with E-state index in [2.05, 4.69) is 40.2 Å². The van der Waals surface area contributed by atoms with Gasteiger partial charge in [0.05, 0.1) is 5.56 Å². The zero-order valence-electron chi connectivity index (χ0n) is 12.7. The van der Waals surface area contributed by atoms with Crippen LogP contribution in [0.3, 0.4) is 0 Å². The van der Waals surface area contributed by atoms with E-state index < -0.39 is 5.97 Å². The first-order valence-electron chi connectivity index (χ1n) is 7.59. The second kappa shape index (κ2) is 5.77. The number of fused-ring (bicyclic) bond motifs is 3. The molecule has 4 rings (SSSR count). The quantitative estimate of drug-likeness (QED) is 0.488. The average Bonchev–Trinajstić information content (AvgIpc) is 2.96. The van der Waals surface area contributed by atoms with Crippen LogP contribution in [-0.4, -0.2) is 11.1 Å². The van der Waals surface area contributed by atoms with Gasteiger partial charge in [-0.2, -0.15) is 0 Å². The molecular formula is C21H13BrO2. The summed E-state index contributed by atoms with van der Waals surface area (Å²) in [4.78, 5) is 11.0. The molecule has 0 saturated carbocycles. The van der Waals surface area contributed by atoms with Crippen LogP contribution in [0.5, 0.6) is 0 Å². The number of carboxylic acid groups (broad SMARTS) is 1. The first kappa shape index (κ1) is 14.9. The predicted molar refractivity (Wildman–Crippen MR) is 100 cm³/mol. The summed E-state index contributed by atoms with van der Waals surface area (Å²) in [6, 6.07) is 23.6. The minimum Gasteiger partial charge on any atom is -0.478 e. The number of benzene rings is 3. The van der Waals surface area contributed by atoms with Crippen LogP contribution in [0.2, 0.25) is 0 Å². The normalized spacial score (nSPS) is 11.8. The summed E-state index contributed by atoms with van der Waals surface area (Å²) in [5.41, 5.74) is 7.22. The fraction of sp³-hybridized carbons (Fsp3) is 0. The van der Waals surface area contributed by atoms with Crippen molar-refractivity contribution in [1.29, 1.82) is 0 Å². The number of hydrogen-bond donors (Lipinski definition) is 1. The van der Waals surface area contributed by atoms with Crippen LogP contribution in [0.25, 0.3) is 21.2 Å². The van der Waals surface area contributed by atoms with Crippen molar-refractivity contribution in [3.8, 4) is 11.1 Å². The smallest absolute Gasteiger partial charge is 0.335 e. The zero-order valence-corrected chi connectivity index (χ0v) is 14.2. The van der Waals surface area contributed by atoms with Crippen LogP contribution in [0.4, 0.5) is 0 Å². The van der Waals surface area contributed by atoms with Gasteiger partial charge < -0.3 is 5.11 Å². The lowest BCUT2D eigenvalue weighted by Gasteiger charge is -2.08. The van der Waals surface area contributed by atoms with Crippen LogP contribution < -0.4 is 0 Å². The first-order chi connectivity index (χ1) is 11.7. The predicted octanol–water partition coefficient (Wildman–Crippen LogP) is 5.68. The van der Waals surface area contributed by atoms with E-state index in [0.29, 0.717) is 0 Å². The van der Waals surface area contributed by atoms with E-state index in [1.165, 1.54) is 22.3 Å². The average molecular weight is 377 g/mol. The summed E-state index contributed by atoms with van der Waals surface area (Å²) < 4.78 is 0.969. The molecule has 0 heterocycles. The SMILES string of the molecule is O=C(O)c1ccc(C(Br)=C2c3ccccc3-c3ccccc32)cc1. The first-order valence-corrected chi connectivity index (χ1v) is 8.39. The van der Waals surface area contributed by atoms with E-state index in [4.69, 9.17) is 5.11 Å². The van der Waals surface area contributed by atoms with Crippen molar-refractivity contribution in [3.63, 3.8) is 0 Å². The Morgan fingerprint density at radius 3 is 1.54 bits per heavy atom. The maximum atomic E-state index is 11.0. The molecule has 3 heteroatoms. The molecule has 0 aliphatic heterocycles. The molecule has 1 aliphatic carbocycles. The number of aromatic carboxylic acids is 1. The van der Waals surface area contributed by atoms with Gasteiger partial charge in [0.25, 0.3) is 0 Å². The fourth-order valence-electron chi connectivity index (χ4n) is 3.16. The van der Waals surface area contributed by atoms with E-state index in [-0.39, 0.29) is 5.56 Å². The summed E-state index contributed by atoms with van der Waals surface area (Å²) in [6.07, 6.45) is 0. The Morgan fingerprint density at radius 2 is 1.08 bits per heavy atom. The topological polar surface area (TPSA) is 37.3 Å². The number of carbonyl (C=O) groups is 1. The molecule has 1 N–H and O–H groups in total. The number of rotatable bonds is 2. The highest BCUT2D eigenvalue weighted by Gasteiger charge is 2.25. The Hall–Kier alpha value is -2.65. The van der Waals surface area contributed by atoms with Crippen LogP contribution >= 0.6 is 15.9 Å². The summed E-state index contributed by atoms with van der Waals surface area (Å²) in [5.74, 6) is -0.915. The number of hydrogen-bond acceptors (Lipinski definition) is 1. The number of halogens is 1. The van der Waals surface area contributed by atoms with Gasteiger partial charge in [-0.15, -0.1) is 0 Å². The molecule has 0 unspecified atom stereocenters. The Morgan fingerprint density at radius 1 is 0.667 bits per heavy atom. The fourth-order valence-corrected chi connectivity index (χ4v) is 3.85. The van der Waals surface area contributed by atoms with Crippen LogP contribution in [0, 0.1) is 0 Å². The van der Waals surface area contributed by atoms with Crippen LogP contribution in [0.15, 0.2) is 72.8 Å². The van der Waals surface area contributed by atoms with Gasteiger partial charge in [0, 0.05) is 10.1 Å². The molecule has 0 bridgehead atoms. The molecule has 24 heavy (non-hydrogen) atoms. The second-order valence-corrected chi connectivity index (χ2v) is 6.46. The van der Waals surface area contributed by atoms with Gasteiger partial charge in [-0.25, -0.2) is 4.79 Å². The lowest BCUT2D eigenvalue weighted by atomic mass is 10.0. The van der Waals surface area contributed by atoms with Crippen LogP contribution in [-0.2, 0) is 0 Å². The summed E-state index contributed by atoms with van der Waals surface area (Å²) in [7, 11) is 0. The van der Waals surface area contributed by atoms with Gasteiger partial charge in [0.1, 0.15) is 0 Å². The largest absolute Gasteiger partial charge is 0.478 e. The lowest BCUT2D eigenvalue weighted by molar-refractivity contribution is 0.0697. The molecule has 0 radical (unpaired) electrons. The highest BCUT2D eigenvalue weighted by molar-refractivity contribution is 9.15.